The molecule has 0 fully saturated rings. The SMILES string of the molecule is CCCCCC1(CCCCC)c2ccccc2-c2ccc(/C=C/c3c4ccccc4c(/C=C/c4ccc5c(c4)C(CCCCC)(CCCCC)c4ccccc4-5)c4ccccc34)cc21. The summed E-state index contributed by atoms with van der Waals surface area (Å²) in [5.41, 5.74) is 17.3. The van der Waals surface area contributed by atoms with Gasteiger partial charge < -0.3 is 0 Å². The van der Waals surface area contributed by atoms with Crippen molar-refractivity contribution < 1.29 is 0 Å². The summed E-state index contributed by atoms with van der Waals surface area (Å²) < 4.78 is 0. The molecule has 0 nitrogen and oxygen atoms in total. The molecule has 0 saturated carbocycles. The molecule has 0 aromatic heterocycles. The molecule has 0 bridgehead atoms. The Morgan fingerprint density at radius 3 is 0.969 bits per heavy atom. The van der Waals surface area contributed by atoms with Crippen LogP contribution in [0.4, 0.5) is 0 Å². The van der Waals surface area contributed by atoms with Crippen molar-refractivity contribution in [2.45, 2.75) is 141 Å². The van der Waals surface area contributed by atoms with Crippen LogP contribution in [0.3, 0.4) is 0 Å². The van der Waals surface area contributed by atoms with Crippen LogP contribution in [0.2, 0.25) is 0 Å². The highest BCUT2D eigenvalue weighted by molar-refractivity contribution is 6.14. The molecule has 7 aromatic rings. The second-order valence-corrected chi connectivity index (χ2v) is 19.3. The molecule has 64 heavy (non-hydrogen) atoms. The Labute approximate surface area is 385 Å². The van der Waals surface area contributed by atoms with Gasteiger partial charge in [-0.05, 0) is 114 Å². The Kier molecular flexibility index (Phi) is 13.5. The Bertz CT molecular complexity index is 2520. The van der Waals surface area contributed by atoms with Crippen molar-refractivity contribution in [2.24, 2.45) is 0 Å². The van der Waals surface area contributed by atoms with Crippen LogP contribution in [0.1, 0.15) is 175 Å². The average molecular weight is 839 g/mol. The molecule has 7 aromatic carbocycles. The second-order valence-electron chi connectivity index (χ2n) is 19.3. The summed E-state index contributed by atoms with van der Waals surface area (Å²) in [6.07, 6.45) is 29.8. The fraction of sp³-hybridized carbons (Fsp3) is 0.344. The number of rotatable bonds is 20. The lowest BCUT2D eigenvalue weighted by molar-refractivity contribution is 0.405. The number of benzene rings is 7. The van der Waals surface area contributed by atoms with Gasteiger partial charge in [0.15, 0.2) is 0 Å². The largest absolute Gasteiger partial charge is 0.0654 e. The van der Waals surface area contributed by atoms with Crippen LogP contribution in [-0.4, -0.2) is 0 Å². The maximum absolute atomic E-state index is 2.56. The van der Waals surface area contributed by atoms with E-state index < -0.39 is 0 Å². The monoisotopic (exact) mass is 839 g/mol. The number of hydrogen-bond donors (Lipinski definition) is 0. The standard InChI is InChI=1S/C64H70/c1-5-9-21-41-63(42-22-10-6-2)59-31-19-17-29-55(59)57-39-35-47(45-61(57)63)33-37-53-49-25-13-15-27-51(49)54(52-28-16-14-26-50(52)53)38-34-48-36-40-58-56-30-18-20-32-60(56)64(62(58)46-48,43-23-11-7-3)44-24-12-8-4/h13-20,25-40,45-46H,5-12,21-24,41-44H2,1-4H3/b37-33+,38-34+. The van der Waals surface area contributed by atoms with Crippen molar-refractivity contribution in [3.63, 3.8) is 0 Å². The van der Waals surface area contributed by atoms with E-state index in [9.17, 15) is 0 Å². The molecule has 0 atom stereocenters. The minimum absolute atomic E-state index is 0.0852. The van der Waals surface area contributed by atoms with Gasteiger partial charge in [-0.2, -0.15) is 0 Å². The van der Waals surface area contributed by atoms with Gasteiger partial charge in [0.25, 0.3) is 0 Å². The molecule has 0 unspecified atom stereocenters. The van der Waals surface area contributed by atoms with Gasteiger partial charge in [-0.3, -0.25) is 0 Å². The van der Waals surface area contributed by atoms with Gasteiger partial charge >= 0.3 is 0 Å². The molecule has 0 aliphatic heterocycles. The zero-order chi connectivity index (χ0) is 43.9. The van der Waals surface area contributed by atoms with Gasteiger partial charge in [-0.25, -0.2) is 0 Å². The molecular weight excluding hydrogens is 769 g/mol. The fourth-order valence-corrected chi connectivity index (χ4v) is 12.1. The lowest BCUT2D eigenvalue weighted by Crippen LogP contribution is -2.25. The van der Waals surface area contributed by atoms with Gasteiger partial charge in [0, 0.05) is 10.8 Å². The van der Waals surface area contributed by atoms with E-state index in [1.165, 1.54) is 169 Å². The van der Waals surface area contributed by atoms with Crippen molar-refractivity contribution in [3.8, 4) is 22.3 Å². The Morgan fingerprint density at radius 2 is 0.625 bits per heavy atom. The molecule has 0 spiro atoms. The summed E-state index contributed by atoms with van der Waals surface area (Å²) in [4.78, 5) is 0. The number of fused-ring (bicyclic) bond motifs is 8. The molecule has 9 rings (SSSR count). The first-order chi connectivity index (χ1) is 31.6. The highest BCUT2D eigenvalue weighted by atomic mass is 14.5. The van der Waals surface area contributed by atoms with Crippen molar-refractivity contribution in [1.82, 2.24) is 0 Å². The predicted octanol–water partition coefficient (Wildman–Crippen LogP) is 19.2. The van der Waals surface area contributed by atoms with E-state index in [1.807, 2.05) is 0 Å². The quantitative estimate of drug-likeness (QED) is 0.0408. The van der Waals surface area contributed by atoms with E-state index in [-0.39, 0.29) is 10.8 Å². The zero-order valence-electron chi connectivity index (χ0n) is 39.3. The van der Waals surface area contributed by atoms with E-state index in [0.29, 0.717) is 0 Å². The first-order valence-electron chi connectivity index (χ1n) is 25.3. The van der Waals surface area contributed by atoms with Crippen LogP contribution in [0.25, 0.3) is 68.1 Å². The van der Waals surface area contributed by atoms with Crippen LogP contribution < -0.4 is 0 Å². The second kappa shape index (κ2) is 19.7. The van der Waals surface area contributed by atoms with Crippen LogP contribution >= 0.6 is 0 Å². The van der Waals surface area contributed by atoms with Gasteiger partial charge in [0.1, 0.15) is 0 Å². The highest BCUT2D eigenvalue weighted by Gasteiger charge is 2.43. The molecular formula is C64H70. The minimum Gasteiger partial charge on any atom is -0.0654 e. The third kappa shape index (κ3) is 8.12. The average Bonchev–Trinajstić information content (AvgIpc) is 3.76. The maximum atomic E-state index is 2.56. The highest BCUT2D eigenvalue weighted by Crippen LogP contribution is 2.56. The third-order valence-electron chi connectivity index (χ3n) is 15.3. The van der Waals surface area contributed by atoms with Crippen molar-refractivity contribution >= 4 is 45.8 Å². The molecule has 0 radical (unpaired) electrons. The fourth-order valence-electron chi connectivity index (χ4n) is 12.1. The summed E-state index contributed by atoms with van der Waals surface area (Å²) >= 11 is 0. The molecule has 0 saturated heterocycles. The molecule has 2 aliphatic rings. The smallest absolute Gasteiger partial charge is 0.0215 e. The molecule has 0 heteroatoms. The van der Waals surface area contributed by atoms with E-state index >= 15 is 0 Å². The van der Waals surface area contributed by atoms with Gasteiger partial charge in [0.05, 0.1) is 0 Å². The predicted molar refractivity (Wildman–Crippen MR) is 281 cm³/mol. The lowest BCUT2D eigenvalue weighted by atomic mass is 9.70. The first kappa shape index (κ1) is 43.8. The molecule has 0 N–H and O–H groups in total. The summed E-state index contributed by atoms with van der Waals surface area (Å²) in [7, 11) is 0. The summed E-state index contributed by atoms with van der Waals surface area (Å²) in [6.45, 7) is 9.34. The van der Waals surface area contributed by atoms with E-state index in [1.54, 1.807) is 22.3 Å². The van der Waals surface area contributed by atoms with E-state index in [0.717, 1.165) is 0 Å². The van der Waals surface area contributed by atoms with Crippen LogP contribution in [-0.2, 0) is 10.8 Å². The van der Waals surface area contributed by atoms with Crippen LogP contribution in [0.15, 0.2) is 133 Å². The van der Waals surface area contributed by atoms with E-state index in [4.69, 9.17) is 0 Å². The molecule has 0 amide bonds. The molecule has 326 valence electrons. The lowest BCUT2D eigenvalue weighted by Gasteiger charge is -2.33. The maximum Gasteiger partial charge on any atom is 0.0215 e. The summed E-state index contributed by atoms with van der Waals surface area (Å²) in [6, 6.07) is 51.5. The zero-order valence-corrected chi connectivity index (χ0v) is 39.3. The molecule has 0 heterocycles. The normalized spacial score (nSPS) is 14.4. The number of unbranched alkanes of at least 4 members (excludes halogenated alkanes) is 8. The first-order valence-corrected chi connectivity index (χ1v) is 25.3. The van der Waals surface area contributed by atoms with Gasteiger partial charge in [0.2, 0.25) is 0 Å². The summed E-state index contributed by atoms with van der Waals surface area (Å²) in [5.74, 6) is 0. The Morgan fingerprint density at radius 1 is 0.312 bits per heavy atom. The van der Waals surface area contributed by atoms with Crippen molar-refractivity contribution in [2.75, 3.05) is 0 Å². The third-order valence-corrected chi connectivity index (χ3v) is 15.3. The Hall–Kier alpha value is -5.46. The van der Waals surface area contributed by atoms with Crippen LogP contribution in [0, 0.1) is 0 Å². The number of hydrogen-bond acceptors (Lipinski definition) is 0. The van der Waals surface area contributed by atoms with Crippen molar-refractivity contribution in [3.05, 3.63) is 178 Å². The molecule has 2 aliphatic carbocycles. The van der Waals surface area contributed by atoms with Crippen LogP contribution in [0.5, 0.6) is 0 Å². The minimum atomic E-state index is 0.0852. The van der Waals surface area contributed by atoms with E-state index in [2.05, 4.69) is 185 Å². The van der Waals surface area contributed by atoms with Crippen molar-refractivity contribution in [1.29, 1.82) is 0 Å². The van der Waals surface area contributed by atoms with Gasteiger partial charge in [-0.15, -0.1) is 0 Å². The summed E-state index contributed by atoms with van der Waals surface area (Å²) in [5, 5.41) is 5.20. The van der Waals surface area contributed by atoms with Gasteiger partial charge in [-0.1, -0.05) is 263 Å². The topological polar surface area (TPSA) is 0 Å². The Balaban J connectivity index is 1.10.